The summed E-state index contributed by atoms with van der Waals surface area (Å²) in [5.74, 6) is -0.252. The zero-order chi connectivity index (χ0) is 18.0. The van der Waals surface area contributed by atoms with Crippen LogP contribution in [0.2, 0.25) is 0 Å². The Labute approximate surface area is 149 Å². The summed E-state index contributed by atoms with van der Waals surface area (Å²) in [6.45, 7) is 4.59. The Morgan fingerprint density at radius 2 is 1.76 bits per heavy atom. The minimum absolute atomic E-state index is 0.0283. The third-order valence-corrected chi connectivity index (χ3v) is 6.79. The first-order chi connectivity index (χ1) is 11.9. The molecule has 0 saturated carbocycles. The van der Waals surface area contributed by atoms with Crippen molar-refractivity contribution < 1.29 is 13.2 Å². The molecule has 1 saturated heterocycles. The number of Topliss-reactive ketones (excluding diaryl/α,β-unsaturated/α-hetero) is 1. The van der Waals surface area contributed by atoms with Crippen molar-refractivity contribution in [1.29, 1.82) is 0 Å². The van der Waals surface area contributed by atoms with Crippen LogP contribution in [0, 0.1) is 19.8 Å². The maximum absolute atomic E-state index is 13.0. The molecule has 5 heteroatoms. The molecule has 1 atom stereocenters. The van der Waals surface area contributed by atoms with Crippen LogP contribution in [0.25, 0.3) is 0 Å². The molecule has 4 nitrogen and oxygen atoms in total. The van der Waals surface area contributed by atoms with Gasteiger partial charge in [0, 0.05) is 24.6 Å². The Bertz CT molecular complexity index is 875. The van der Waals surface area contributed by atoms with Gasteiger partial charge in [0.05, 0.1) is 4.90 Å². The summed E-state index contributed by atoms with van der Waals surface area (Å²) in [7, 11) is -3.57. The van der Waals surface area contributed by atoms with Crippen LogP contribution in [-0.2, 0) is 10.0 Å². The van der Waals surface area contributed by atoms with Crippen LogP contribution in [0.5, 0.6) is 0 Å². The Morgan fingerprint density at radius 3 is 2.44 bits per heavy atom. The molecule has 3 rings (SSSR count). The number of piperidine rings is 1. The number of carbonyl (C=O) groups is 1. The van der Waals surface area contributed by atoms with Gasteiger partial charge in [-0.25, -0.2) is 8.42 Å². The molecule has 1 heterocycles. The van der Waals surface area contributed by atoms with Gasteiger partial charge in [0.15, 0.2) is 5.78 Å². The van der Waals surface area contributed by atoms with E-state index in [2.05, 4.69) is 0 Å². The average molecular weight is 357 g/mol. The van der Waals surface area contributed by atoms with Gasteiger partial charge in [0.1, 0.15) is 0 Å². The Hall–Kier alpha value is -1.98. The van der Waals surface area contributed by atoms with Crippen molar-refractivity contribution in [2.24, 2.45) is 5.92 Å². The van der Waals surface area contributed by atoms with Gasteiger partial charge in [0.2, 0.25) is 10.0 Å². The van der Waals surface area contributed by atoms with Gasteiger partial charge in [0.25, 0.3) is 0 Å². The predicted octanol–water partition coefficient (Wildman–Crippen LogP) is 3.59. The molecule has 25 heavy (non-hydrogen) atoms. The first-order valence-corrected chi connectivity index (χ1v) is 10.0. The van der Waals surface area contributed by atoms with Gasteiger partial charge in [-0.2, -0.15) is 4.31 Å². The van der Waals surface area contributed by atoms with E-state index in [1.165, 1.54) is 4.31 Å². The van der Waals surface area contributed by atoms with Crippen LogP contribution < -0.4 is 0 Å². The first kappa shape index (κ1) is 17.8. The summed E-state index contributed by atoms with van der Waals surface area (Å²) in [5, 5.41) is 0. The Morgan fingerprint density at radius 1 is 1.04 bits per heavy atom. The molecule has 0 aromatic heterocycles. The zero-order valence-electron chi connectivity index (χ0n) is 14.6. The maximum Gasteiger partial charge on any atom is 0.243 e. The quantitative estimate of drug-likeness (QED) is 0.786. The monoisotopic (exact) mass is 357 g/mol. The summed E-state index contributed by atoms with van der Waals surface area (Å²) in [5.41, 5.74) is 2.67. The van der Waals surface area contributed by atoms with Gasteiger partial charge in [-0.15, -0.1) is 0 Å². The van der Waals surface area contributed by atoms with Crippen LogP contribution in [0.1, 0.15) is 34.3 Å². The fourth-order valence-corrected chi connectivity index (χ4v) is 4.85. The standard InChI is InChI=1S/C20H23NO3S/c1-15-10-11-19(13-16(15)2)25(23,24)21-12-6-9-18(14-21)20(22)17-7-4-3-5-8-17/h3-5,7-8,10-11,13,18H,6,9,12,14H2,1-2H3. The molecule has 132 valence electrons. The van der Waals surface area contributed by atoms with E-state index in [9.17, 15) is 13.2 Å². The van der Waals surface area contributed by atoms with E-state index in [0.717, 1.165) is 17.5 Å². The minimum atomic E-state index is -3.57. The molecular weight excluding hydrogens is 334 g/mol. The van der Waals surface area contributed by atoms with Gasteiger partial charge >= 0.3 is 0 Å². The number of hydrogen-bond donors (Lipinski definition) is 0. The fourth-order valence-electron chi connectivity index (χ4n) is 3.24. The smallest absolute Gasteiger partial charge is 0.243 e. The van der Waals surface area contributed by atoms with Crippen LogP contribution in [0.4, 0.5) is 0 Å². The molecule has 1 aliphatic rings. The summed E-state index contributed by atoms with van der Waals surface area (Å²) >= 11 is 0. The summed E-state index contributed by atoms with van der Waals surface area (Å²) in [4.78, 5) is 13.0. The van der Waals surface area contributed by atoms with Crippen LogP contribution >= 0.6 is 0 Å². The second-order valence-electron chi connectivity index (χ2n) is 6.68. The SMILES string of the molecule is Cc1ccc(S(=O)(=O)N2CCCC(C(=O)c3ccccc3)C2)cc1C. The molecule has 1 aliphatic heterocycles. The number of aryl methyl sites for hydroxylation is 2. The Balaban J connectivity index is 1.83. The molecule has 0 spiro atoms. The molecule has 0 amide bonds. The number of sulfonamides is 1. The highest BCUT2D eigenvalue weighted by molar-refractivity contribution is 7.89. The van der Waals surface area contributed by atoms with Crippen molar-refractivity contribution in [3.8, 4) is 0 Å². The van der Waals surface area contributed by atoms with E-state index in [4.69, 9.17) is 0 Å². The minimum Gasteiger partial charge on any atom is -0.294 e. The lowest BCUT2D eigenvalue weighted by Gasteiger charge is -2.31. The topological polar surface area (TPSA) is 54.5 Å². The van der Waals surface area contributed by atoms with Crippen molar-refractivity contribution >= 4 is 15.8 Å². The van der Waals surface area contributed by atoms with Crippen molar-refractivity contribution in [2.45, 2.75) is 31.6 Å². The average Bonchev–Trinajstić information content (AvgIpc) is 2.64. The number of benzene rings is 2. The van der Waals surface area contributed by atoms with E-state index in [1.807, 2.05) is 38.1 Å². The number of hydrogen-bond acceptors (Lipinski definition) is 3. The lowest BCUT2D eigenvalue weighted by atomic mass is 9.91. The van der Waals surface area contributed by atoms with Crippen LogP contribution in [-0.4, -0.2) is 31.6 Å². The van der Waals surface area contributed by atoms with Crippen LogP contribution in [0.3, 0.4) is 0 Å². The number of carbonyl (C=O) groups excluding carboxylic acids is 1. The number of ketones is 1. The van der Waals surface area contributed by atoms with Gasteiger partial charge in [-0.1, -0.05) is 36.4 Å². The van der Waals surface area contributed by atoms with Crippen molar-refractivity contribution in [3.05, 3.63) is 65.2 Å². The van der Waals surface area contributed by atoms with Crippen LogP contribution in [0.15, 0.2) is 53.4 Å². The van der Waals surface area contributed by atoms with Gasteiger partial charge in [-0.05, 0) is 49.9 Å². The summed E-state index contributed by atoms with van der Waals surface area (Å²) in [6.07, 6.45) is 1.43. The van der Waals surface area contributed by atoms with Gasteiger partial charge in [-0.3, -0.25) is 4.79 Å². The summed E-state index contributed by atoms with van der Waals surface area (Å²) < 4.78 is 27.4. The number of nitrogens with zero attached hydrogens (tertiary/aromatic N) is 1. The van der Waals surface area contributed by atoms with E-state index in [1.54, 1.807) is 24.3 Å². The summed E-state index contributed by atoms with van der Waals surface area (Å²) in [6, 6.07) is 14.3. The van der Waals surface area contributed by atoms with Crippen molar-refractivity contribution in [1.82, 2.24) is 4.31 Å². The first-order valence-electron chi connectivity index (χ1n) is 8.56. The van der Waals surface area contributed by atoms with Crippen molar-refractivity contribution in [3.63, 3.8) is 0 Å². The molecule has 2 aromatic rings. The third kappa shape index (κ3) is 3.67. The highest BCUT2D eigenvalue weighted by Gasteiger charge is 2.33. The van der Waals surface area contributed by atoms with Gasteiger partial charge < -0.3 is 0 Å². The largest absolute Gasteiger partial charge is 0.294 e. The normalized spacial score (nSPS) is 18.9. The fraction of sp³-hybridized carbons (Fsp3) is 0.350. The molecule has 0 bridgehead atoms. The predicted molar refractivity (Wildman–Crippen MR) is 98.2 cm³/mol. The molecule has 0 radical (unpaired) electrons. The van der Waals surface area contributed by atoms with E-state index in [-0.39, 0.29) is 18.2 Å². The Kier molecular flexibility index (Phi) is 5.06. The molecule has 2 aromatic carbocycles. The zero-order valence-corrected chi connectivity index (χ0v) is 15.4. The van der Waals surface area contributed by atoms with E-state index in [0.29, 0.717) is 23.4 Å². The molecule has 1 fully saturated rings. The lowest BCUT2D eigenvalue weighted by molar-refractivity contribution is 0.0872. The molecule has 0 N–H and O–H groups in total. The second kappa shape index (κ2) is 7.10. The molecule has 1 unspecified atom stereocenters. The third-order valence-electron chi connectivity index (χ3n) is 4.93. The highest BCUT2D eigenvalue weighted by Crippen LogP contribution is 2.27. The maximum atomic E-state index is 13.0. The second-order valence-corrected chi connectivity index (χ2v) is 8.62. The molecular formula is C20H23NO3S. The lowest BCUT2D eigenvalue weighted by Crippen LogP contribution is -2.42. The number of rotatable bonds is 4. The van der Waals surface area contributed by atoms with E-state index >= 15 is 0 Å². The van der Waals surface area contributed by atoms with Crippen molar-refractivity contribution in [2.75, 3.05) is 13.1 Å². The van der Waals surface area contributed by atoms with E-state index < -0.39 is 10.0 Å². The molecule has 0 aliphatic carbocycles. The highest BCUT2D eigenvalue weighted by atomic mass is 32.2.